The summed E-state index contributed by atoms with van der Waals surface area (Å²) in [6.07, 6.45) is 5.59. The molecule has 1 aromatic carbocycles. The van der Waals surface area contributed by atoms with E-state index in [1.807, 2.05) is 19.1 Å². The lowest BCUT2D eigenvalue weighted by Crippen LogP contribution is -2.34. The Bertz CT molecular complexity index is 821. The predicted octanol–water partition coefficient (Wildman–Crippen LogP) is 3.33. The summed E-state index contributed by atoms with van der Waals surface area (Å²) >= 11 is 0. The number of hydrogen-bond donors (Lipinski definition) is 2. The van der Waals surface area contributed by atoms with Crippen LogP contribution in [0.15, 0.2) is 36.5 Å². The summed E-state index contributed by atoms with van der Waals surface area (Å²) in [7, 11) is 0. The molecule has 2 N–H and O–H groups in total. The van der Waals surface area contributed by atoms with Crippen LogP contribution >= 0.6 is 0 Å². The van der Waals surface area contributed by atoms with Gasteiger partial charge in [0, 0.05) is 25.2 Å². The lowest BCUT2D eigenvalue weighted by atomic mass is 9.92. The summed E-state index contributed by atoms with van der Waals surface area (Å²) in [5.41, 5.74) is 1.45. The van der Waals surface area contributed by atoms with Crippen molar-refractivity contribution >= 4 is 11.7 Å². The van der Waals surface area contributed by atoms with E-state index in [1.54, 1.807) is 12.1 Å². The van der Waals surface area contributed by atoms with Crippen molar-refractivity contribution in [2.24, 2.45) is 5.92 Å². The smallest absolute Gasteiger partial charge is 0.251 e. The van der Waals surface area contributed by atoms with Gasteiger partial charge in [-0.15, -0.1) is 0 Å². The molecule has 6 nitrogen and oxygen atoms in total. The van der Waals surface area contributed by atoms with Gasteiger partial charge in [-0.25, -0.2) is 9.37 Å². The number of aryl methyl sites for hydroxylation is 1. The van der Waals surface area contributed by atoms with Crippen molar-refractivity contribution in [3.8, 4) is 5.75 Å². The molecular weight excluding hydrogens is 385 g/mol. The number of benzene rings is 1. The van der Waals surface area contributed by atoms with E-state index in [1.165, 1.54) is 12.3 Å². The number of nitrogens with one attached hydrogen (secondary N) is 1. The number of ether oxygens (including phenoxy) is 1. The normalized spacial score (nSPS) is 14.6. The van der Waals surface area contributed by atoms with Gasteiger partial charge in [-0.1, -0.05) is 0 Å². The number of amides is 1. The number of halogens is 1. The summed E-state index contributed by atoms with van der Waals surface area (Å²) in [6.45, 7) is 4.59. The third-order valence-electron chi connectivity index (χ3n) is 5.52. The van der Waals surface area contributed by atoms with E-state index < -0.39 is 0 Å². The van der Waals surface area contributed by atoms with E-state index >= 15 is 0 Å². The SMILES string of the molecule is Cc1cc(OCCCC2CCN(c3ccc(F)cn3)CC2)ccc1C(=O)NCCO. The highest BCUT2D eigenvalue weighted by molar-refractivity contribution is 5.95. The van der Waals surface area contributed by atoms with Crippen molar-refractivity contribution in [2.45, 2.75) is 32.6 Å². The van der Waals surface area contributed by atoms with Crippen LogP contribution in [-0.4, -0.2) is 48.8 Å². The largest absolute Gasteiger partial charge is 0.494 e. The van der Waals surface area contributed by atoms with Gasteiger partial charge in [-0.2, -0.15) is 0 Å². The van der Waals surface area contributed by atoms with E-state index in [2.05, 4.69) is 15.2 Å². The molecule has 2 heterocycles. The molecule has 0 saturated carbocycles. The molecule has 0 bridgehead atoms. The van der Waals surface area contributed by atoms with Crippen LogP contribution in [0.25, 0.3) is 0 Å². The first-order chi connectivity index (χ1) is 14.6. The fraction of sp³-hybridized carbons (Fsp3) is 0.478. The Balaban J connectivity index is 1.37. The maximum absolute atomic E-state index is 13.0. The number of rotatable bonds is 9. The fourth-order valence-electron chi connectivity index (χ4n) is 3.81. The molecule has 1 aliphatic rings. The van der Waals surface area contributed by atoms with Crippen molar-refractivity contribution in [3.05, 3.63) is 53.5 Å². The molecule has 162 valence electrons. The Kier molecular flexibility index (Phi) is 8.02. The highest BCUT2D eigenvalue weighted by atomic mass is 19.1. The average molecular weight is 416 g/mol. The number of piperidine rings is 1. The maximum atomic E-state index is 13.0. The molecule has 0 radical (unpaired) electrons. The number of hydrogen-bond acceptors (Lipinski definition) is 5. The standard InChI is InChI=1S/C23H30FN3O3/c1-17-15-20(5-6-21(17)23(29)25-10-13-28)30-14-2-3-18-8-11-27(12-9-18)22-7-4-19(24)16-26-22/h4-7,15-16,18,28H,2-3,8-14H2,1H3,(H,25,29). The topological polar surface area (TPSA) is 74.7 Å². The summed E-state index contributed by atoms with van der Waals surface area (Å²) < 4.78 is 18.9. The Morgan fingerprint density at radius 3 is 2.77 bits per heavy atom. The van der Waals surface area contributed by atoms with Gasteiger partial charge in [0.1, 0.15) is 17.4 Å². The number of carbonyl (C=O) groups is 1. The van der Waals surface area contributed by atoms with E-state index in [4.69, 9.17) is 9.84 Å². The molecule has 1 saturated heterocycles. The minimum atomic E-state index is -0.302. The first-order valence-corrected chi connectivity index (χ1v) is 10.6. The van der Waals surface area contributed by atoms with Crippen molar-refractivity contribution in [3.63, 3.8) is 0 Å². The van der Waals surface area contributed by atoms with E-state index in [0.29, 0.717) is 18.1 Å². The number of pyridine rings is 1. The second-order valence-corrected chi connectivity index (χ2v) is 7.71. The third kappa shape index (κ3) is 6.16. The quantitative estimate of drug-likeness (QED) is 0.615. The zero-order valence-electron chi connectivity index (χ0n) is 17.4. The predicted molar refractivity (Wildman–Crippen MR) is 114 cm³/mol. The van der Waals surface area contributed by atoms with Gasteiger partial charge in [-0.05, 0) is 74.4 Å². The monoisotopic (exact) mass is 415 g/mol. The van der Waals surface area contributed by atoms with Crippen molar-refractivity contribution in [1.82, 2.24) is 10.3 Å². The molecule has 0 atom stereocenters. The molecule has 1 fully saturated rings. The molecule has 30 heavy (non-hydrogen) atoms. The van der Waals surface area contributed by atoms with Gasteiger partial charge < -0.3 is 20.1 Å². The van der Waals surface area contributed by atoms with Gasteiger partial charge in [0.25, 0.3) is 5.91 Å². The zero-order valence-corrected chi connectivity index (χ0v) is 17.4. The third-order valence-corrected chi connectivity index (χ3v) is 5.52. The van der Waals surface area contributed by atoms with Crippen LogP contribution in [0, 0.1) is 18.7 Å². The first-order valence-electron chi connectivity index (χ1n) is 10.6. The molecule has 1 amide bonds. The lowest BCUT2D eigenvalue weighted by Gasteiger charge is -2.32. The molecule has 2 aromatic rings. The number of nitrogens with zero attached hydrogens (tertiary/aromatic N) is 2. The fourth-order valence-corrected chi connectivity index (χ4v) is 3.81. The first kappa shape index (κ1) is 22.0. The van der Waals surface area contributed by atoms with Gasteiger partial charge >= 0.3 is 0 Å². The van der Waals surface area contributed by atoms with E-state index in [9.17, 15) is 9.18 Å². The summed E-state index contributed by atoms with van der Waals surface area (Å²) in [4.78, 5) is 18.4. The van der Waals surface area contributed by atoms with Crippen LogP contribution in [0.5, 0.6) is 5.75 Å². The van der Waals surface area contributed by atoms with Crippen LogP contribution in [0.4, 0.5) is 10.2 Å². The van der Waals surface area contributed by atoms with E-state index in [-0.39, 0.29) is 24.9 Å². The van der Waals surface area contributed by atoms with Gasteiger partial charge in [0.2, 0.25) is 0 Å². The Morgan fingerprint density at radius 1 is 1.30 bits per heavy atom. The molecule has 0 aliphatic carbocycles. The maximum Gasteiger partial charge on any atom is 0.251 e. The molecule has 3 rings (SSSR count). The lowest BCUT2D eigenvalue weighted by molar-refractivity contribution is 0.0944. The van der Waals surface area contributed by atoms with E-state index in [0.717, 1.165) is 55.9 Å². The molecule has 0 unspecified atom stereocenters. The van der Waals surface area contributed by atoms with Gasteiger partial charge in [-0.3, -0.25) is 4.79 Å². The average Bonchev–Trinajstić information content (AvgIpc) is 2.76. The summed E-state index contributed by atoms with van der Waals surface area (Å²) in [5, 5.41) is 11.5. The summed E-state index contributed by atoms with van der Waals surface area (Å²) in [6, 6.07) is 8.66. The second-order valence-electron chi connectivity index (χ2n) is 7.71. The Labute approximate surface area is 177 Å². The highest BCUT2D eigenvalue weighted by Crippen LogP contribution is 2.25. The van der Waals surface area contributed by atoms with Crippen molar-refractivity contribution in [2.75, 3.05) is 37.7 Å². The number of aliphatic hydroxyl groups excluding tert-OH is 1. The molecule has 0 spiro atoms. The summed E-state index contributed by atoms with van der Waals surface area (Å²) in [5.74, 6) is 1.80. The highest BCUT2D eigenvalue weighted by Gasteiger charge is 2.20. The van der Waals surface area contributed by atoms with Crippen LogP contribution < -0.4 is 15.0 Å². The van der Waals surface area contributed by atoms with Gasteiger partial charge in [0.15, 0.2) is 0 Å². The number of aromatic nitrogens is 1. The van der Waals surface area contributed by atoms with Crippen LogP contribution in [0.3, 0.4) is 0 Å². The van der Waals surface area contributed by atoms with Gasteiger partial charge in [0.05, 0.1) is 19.4 Å². The van der Waals surface area contributed by atoms with Crippen molar-refractivity contribution < 1.29 is 19.0 Å². The minimum absolute atomic E-state index is 0.0753. The number of aliphatic hydroxyl groups is 1. The van der Waals surface area contributed by atoms with Crippen molar-refractivity contribution in [1.29, 1.82) is 0 Å². The molecule has 1 aromatic heterocycles. The molecular formula is C23H30FN3O3. The Morgan fingerprint density at radius 2 is 2.10 bits per heavy atom. The van der Waals surface area contributed by atoms with Crippen LogP contribution in [0.2, 0.25) is 0 Å². The number of anilines is 1. The zero-order chi connectivity index (χ0) is 21.3. The second kappa shape index (κ2) is 10.9. The molecule has 1 aliphatic heterocycles. The Hall–Kier alpha value is -2.67. The number of carbonyl (C=O) groups excluding carboxylic acids is 1. The van der Waals surface area contributed by atoms with Crippen LogP contribution in [0.1, 0.15) is 41.6 Å². The molecule has 7 heteroatoms. The van der Waals surface area contributed by atoms with Crippen LogP contribution in [-0.2, 0) is 0 Å². The minimum Gasteiger partial charge on any atom is -0.494 e.